The van der Waals surface area contributed by atoms with E-state index in [4.69, 9.17) is 0 Å². The molecule has 1 aliphatic rings. The van der Waals surface area contributed by atoms with Crippen LogP contribution in [-0.4, -0.2) is 35.5 Å². The van der Waals surface area contributed by atoms with E-state index < -0.39 is 17.9 Å². The van der Waals surface area contributed by atoms with Gasteiger partial charge in [0.2, 0.25) is 11.8 Å². The predicted octanol–water partition coefficient (Wildman–Crippen LogP) is 6.11. The summed E-state index contributed by atoms with van der Waals surface area (Å²) in [7, 11) is 0. The number of hydrogen-bond donors (Lipinski definition) is 3. The van der Waals surface area contributed by atoms with E-state index in [1.807, 2.05) is 30.3 Å². The SMILES string of the molecule is CC(C)Cc1ccc(CCC[C@H](CC(=O)O)C(=O)N[C@@H](CC2CCCCC2)C(=O)NCCc2ccccc2)cc1. The molecule has 1 fully saturated rings. The summed E-state index contributed by atoms with van der Waals surface area (Å²) in [6, 6.07) is 17.9. The number of rotatable bonds is 16. The minimum Gasteiger partial charge on any atom is -0.481 e. The van der Waals surface area contributed by atoms with Gasteiger partial charge in [-0.1, -0.05) is 101 Å². The van der Waals surface area contributed by atoms with Crippen molar-refractivity contribution >= 4 is 17.8 Å². The van der Waals surface area contributed by atoms with Gasteiger partial charge in [0.1, 0.15) is 6.04 Å². The average molecular weight is 549 g/mol. The Morgan fingerprint density at radius 1 is 0.850 bits per heavy atom. The summed E-state index contributed by atoms with van der Waals surface area (Å²) in [5, 5.41) is 15.5. The normalized spacial score (nSPS) is 15.4. The maximum absolute atomic E-state index is 13.4. The zero-order chi connectivity index (χ0) is 28.7. The quantitative estimate of drug-likeness (QED) is 0.236. The molecule has 218 valence electrons. The number of aliphatic carboxylic acids is 1. The van der Waals surface area contributed by atoms with Crippen LogP contribution < -0.4 is 10.6 Å². The standard InChI is InChI=1S/C34H48N2O4/c1-25(2)22-29-18-16-27(17-19-29)14-9-15-30(24-32(37)38)33(39)36-31(23-28-12-7-4-8-13-28)34(40)35-21-20-26-10-5-3-6-11-26/h3,5-6,10-11,16-19,25,28,30-31H,4,7-9,12-15,20-24H2,1-2H3,(H,35,40)(H,36,39)(H,37,38)/t30-,31+/m1/s1. The van der Waals surface area contributed by atoms with E-state index in [2.05, 4.69) is 48.7 Å². The molecule has 3 rings (SSSR count). The highest BCUT2D eigenvalue weighted by molar-refractivity contribution is 5.89. The van der Waals surface area contributed by atoms with Crippen LogP contribution in [0.3, 0.4) is 0 Å². The van der Waals surface area contributed by atoms with Gasteiger partial charge in [-0.2, -0.15) is 0 Å². The van der Waals surface area contributed by atoms with Gasteiger partial charge in [0.05, 0.1) is 6.42 Å². The number of carbonyl (C=O) groups excluding carboxylic acids is 2. The maximum atomic E-state index is 13.4. The van der Waals surface area contributed by atoms with Crippen molar-refractivity contribution in [2.75, 3.05) is 6.54 Å². The van der Waals surface area contributed by atoms with Gasteiger partial charge < -0.3 is 15.7 Å². The number of carbonyl (C=O) groups is 3. The van der Waals surface area contributed by atoms with Gasteiger partial charge in [0, 0.05) is 12.5 Å². The summed E-state index contributed by atoms with van der Waals surface area (Å²) in [4.78, 5) is 38.2. The molecule has 1 aliphatic carbocycles. The molecule has 0 bridgehead atoms. The Morgan fingerprint density at radius 2 is 1.50 bits per heavy atom. The summed E-state index contributed by atoms with van der Waals surface area (Å²) in [6.07, 6.45) is 9.77. The third kappa shape index (κ3) is 11.5. The summed E-state index contributed by atoms with van der Waals surface area (Å²) >= 11 is 0. The highest BCUT2D eigenvalue weighted by atomic mass is 16.4. The van der Waals surface area contributed by atoms with Crippen molar-refractivity contribution in [2.24, 2.45) is 17.8 Å². The van der Waals surface area contributed by atoms with Crippen molar-refractivity contribution in [3.05, 3.63) is 71.3 Å². The van der Waals surface area contributed by atoms with Crippen LogP contribution in [0, 0.1) is 17.8 Å². The Kier molecular flexibility index (Phi) is 13.2. The van der Waals surface area contributed by atoms with Gasteiger partial charge in [0.25, 0.3) is 0 Å². The number of carboxylic acids is 1. The molecule has 0 radical (unpaired) electrons. The molecular weight excluding hydrogens is 500 g/mol. The minimum atomic E-state index is -0.991. The Labute approximate surface area is 240 Å². The molecule has 40 heavy (non-hydrogen) atoms. The number of aryl methyl sites for hydroxylation is 1. The zero-order valence-electron chi connectivity index (χ0n) is 24.4. The second-order valence-electron chi connectivity index (χ2n) is 11.9. The van der Waals surface area contributed by atoms with Crippen LogP contribution in [0.1, 0.15) is 88.3 Å². The first-order valence-corrected chi connectivity index (χ1v) is 15.2. The largest absolute Gasteiger partial charge is 0.481 e. The first-order chi connectivity index (χ1) is 19.3. The molecular formula is C34H48N2O4. The van der Waals surface area contributed by atoms with E-state index >= 15 is 0 Å². The van der Waals surface area contributed by atoms with Crippen LogP contribution in [0.25, 0.3) is 0 Å². The van der Waals surface area contributed by atoms with E-state index in [0.29, 0.717) is 37.6 Å². The summed E-state index contributed by atoms with van der Waals surface area (Å²) in [5.74, 6) is -1.15. The number of nitrogens with one attached hydrogen (secondary N) is 2. The van der Waals surface area contributed by atoms with Crippen molar-refractivity contribution in [1.82, 2.24) is 10.6 Å². The Bertz CT molecular complexity index is 1050. The van der Waals surface area contributed by atoms with Crippen molar-refractivity contribution in [3.8, 4) is 0 Å². The lowest BCUT2D eigenvalue weighted by molar-refractivity contribution is -0.141. The number of benzene rings is 2. The van der Waals surface area contributed by atoms with Gasteiger partial charge >= 0.3 is 5.97 Å². The molecule has 6 nitrogen and oxygen atoms in total. The third-order valence-electron chi connectivity index (χ3n) is 7.96. The fraction of sp³-hybridized carbons (Fsp3) is 0.559. The van der Waals surface area contributed by atoms with Crippen molar-refractivity contribution in [1.29, 1.82) is 0 Å². The van der Waals surface area contributed by atoms with Crippen LogP contribution in [0.15, 0.2) is 54.6 Å². The molecule has 1 saturated carbocycles. The molecule has 3 N–H and O–H groups in total. The van der Waals surface area contributed by atoms with Crippen LogP contribution in [0.4, 0.5) is 0 Å². The number of carboxylic acid groups (broad SMARTS) is 1. The molecule has 2 aromatic rings. The van der Waals surface area contributed by atoms with Gasteiger partial charge in [-0.05, 0) is 67.1 Å². The fourth-order valence-corrected chi connectivity index (χ4v) is 5.78. The second-order valence-corrected chi connectivity index (χ2v) is 11.9. The topological polar surface area (TPSA) is 95.5 Å². The average Bonchev–Trinajstić information content (AvgIpc) is 2.93. The number of amides is 2. The van der Waals surface area contributed by atoms with Gasteiger partial charge in [-0.25, -0.2) is 0 Å². The second kappa shape index (κ2) is 16.8. The van der Waals surface area contributed by atoms with Crippen molar-refractivity contribution < 1.29 is 19.5 Å². The third-order valence-corrected chi connectivity index (χ3v) is 7.96. The summed E-state index contributed by atoms with van der Waals surface area (Å²) in [5.41, 5.74) is 3.65. The lowest BCUT2D eigenvalue weighted by atomic mass is 9.84. The zero-order valence-corrected chi connectivity index (χ0v) is 24.4. The highest BCUT2D eigenvalue weighted by Crippen LogP contribution is 2.28. The molecule has 0 spiro atoms. The van der Waals surface area contributed by atoms with Crippen LogP contribution in [-0.2, 0) is 33.6 Å². The predicted molar refractivity (Wildman–Crippen MR) is 160 cm³/mol. The molecule has 0 saturated heterocycles. The van der Waals surface area contributed by atoms with Gasteiger partial charge in [-0.3, -0.25) is 14.4 Å². The number of hydrogen-bond acceptors (Lipinski definition) is 3. The molecule has 2 atom stereocenters. The van der Waals surface area contributed by atoms with E-state index in [1.165, 1.54) is 17.5 Å². The fourth-order valence-electron chi connectivity index (χ4n) is 5.78. The molecule has 0 heterocycles. The Hall–Kier alpha value is -3.15. The van der Waals surface area contributed by atoms with E-state index in [9.17, 15) is 19.5 Å². The van der Waals surface area contributed by atoms with Crippen molar-refractivity contribution in [2.45, 2.75) is 96.9 Å². The van der Waals surface area contributed by atoms with E-state index in [1.54, 1.807) is 0 Å². The lowest BCUT2D eigenvalue weighted by Gasteiger charge is -2.28. The van der Waals surface area contributed by atoms with Gasteiger partial charge in [0.15, 0.2) is 0 Å². The van der Waals surface area contributed by atoms with E-state index in [-0.39, 0.29) is 18.2 Å². The molecule has 2 amide bonds. The molecule has 0 aromatic heterocycles. The van der Waals surface area contributed by atoms with Crippen LogP contribution in [0.2, 0.25) is 0 Å². The monoisotopic (exact) mass is 548 g/mol. The molecule has 6 heteroatoms. The van der Waals surface area contributed by atoms with Crippen LogP contribution in [0.5, 0.6) is 0 Å². The molecule has 0 unspecified atom stereocenters. The Balaban J connectivity index is 1.58. The summed E-state index contributed by atoms with van der Waals surface area (Å²) in [6.45, 7) is 4.90. The summed E-state index contributed by atoms with van der Waals surface area (Å²) < 4.78 is 0. The van der Waals surface area contributed by atoms with Crippen molar-refractivity contribution in [3.63, 3.8) is 0 Å². The molecule has 0 aliphatic heterocycles. The van der Waals surface area contributed by atoms with Gasteiger partial charge in [-0.15, -0.1) is 0 Å². The lowest BCUT2D eigenvalue weighted by Crippen LogP contribution is -2.50. The Morgan fingerprint density at radius 3 is 2.15 bits per heavy atom. The smallest absolute Gasteiger partial charge is 0.304 e. The van der Waals surface area contributed by atoms with Crippen LogP contribution >= 0.6 is 0 Å². The first kappa shape index (κ1) is 31.4. The highest BCUT2D eigenvalue weighted by Gasteiger charge is 2.29. The van der Waals surface area contributed by atoms with E-state index in [0.717, 1.165) is 50.5 Å². The molecule has 2 aromatic carbocycles. The minimum absolute atomic E-state index is 0.176. The first-order valence-electron chi connectivity index (χ1n) is 15.2. The maximum Gasteiger partial charge on any atom is 0.304 e.